The van der Waals surface area contributed by atoms with Crippen LogP contribution in [0, 0.1) is 5.82 Å². The number of rotatable bonds is 3. The molecule has 3 heterocycles. The summed E-state index contributed by atoms with van der Waals surface area (Å²) in [5.74, 6) is -0.290. The molecule has 0 fully saturated rings. The maximum absolute atomic E-state index is 15.2. The predicted molar refractivity (Wildman–Crippen MR) is 96.9 cm³/mol. The predicted octanol–water partition coefficient (Wildman–Crippen LogP) is 6.08. The number of fused-ring (bicyclic) bond motifs is 1. The molecule has 4 rings (SSSR count). The molecule has 0 radical (unpaired) electrons. The van der Waals surface area contributed by atoms with Crippen LogP contribution in [0.1, 0.15) is 0 Å². The molecule has 0 bridgehead atoms. The number of hydrogen-bond donors (Lipinski definition) is 1. The van der Waals surface area contributed by atoms with Crippen LogP contribution in [0.25, 0.3) is 22.4 Å². The van der Waals surface area contributed by atoms with Crippen LogP contribution in [0.4, 0.5) is 15.8 Å². The highest BCUT2D eigenvalue weighted by molar-refractivity contribution is 6.29. The van der Waals surface area contributed by atoms with Crippen LogP contribution in [0.5, 0.6) is 0 Å². The standard InChI is InChI=1S/C18H10Cl2FN3O/c19-14-9-10(7-8-22-14)23-17-11-3-1-2-4-12(11)24-18(16(17)21)13-5-6-15(20)25-13/h1-9H,(H,22,23,24). The first-order valence-corrected chi connectivity index (χ1v) is 8.10. The Labute approximate surface area is 152 Å². The van der Waals surface area contributed by atoms with Crippen LogP contribution in [0.15, 0.2) is 59.1 Å². The number of benzene rings is 1. The number of pyridine rings is 2. The molecule has 0 saturated carbocycles. The molecule has 0 amide bonds. The maximum atomic E-state index is 15.2. The van der Waals surface area contributed by atoms with Crippen molar-refractivity contribution >= 4 is 45.5 Å². The van der Waals surface area contributed by atoms with Gasteiger partial charge in [-0.1, -0.05) is 29.8 Å². The first-order chi connectivity index (χ1) is 12.1. The summed E-state index contributed by atoms with van der Waals surface area (Å²) in [6, 6.07) is 13.7. The molecular formula is C18H10Cl2FN3O. The molecule has 0 unspecified atom stereocenters. The van der Waals surface area contributed by atoms with Crippen LogP contribution in [0.3, 0.4) is 0 Å². The Hall–Kier alpha value is -2.63. The third-order valence-corrected chi connectivity index (χ3v) is 4.05. The SMILES string of the molecule is Fc1c(-c2ccc(Cl)o2)nc2ccccc2c1Nc1ccnc(Cl)c1. The highest BCUT2D eigenvalue weighted by Gasteiger charge is 2.19. The lowest BCUT2D eigenvalue weighted by Crippen LogP contribution is -2.00. The summed E-state index contributed by atoms with van der Waals surface area (Å²) in [5, 5.41) is 4.17. The summed E-state index contributed by atoms with van der Waals surface area (Å²) in [6.45, 7) is 0. The van der Waals surface area contributed by atoms with Crippen LogP contribution < -0.4 is 5.32 Å². The van der Waals surface area contributed by atoms with Crippen molar-refractivity contribution in [3.8, 4) is 11.5 Å². The number of nitrogens with zero attached hydrogens (tertiary/aromatic N) is 2. The van der Waals surface area contributed by atoms with Crippen molar-refractivity contribution in [3.63, 3.8) is 0 Å². The van der Waals surface area contributed by atoms with Gasteiger partial charge in [0.2, 0.25) is 0 Å². The Morgan fingerprint density at radius 1 is 1.04 bits per heavy atom. The number of hydrogen-bond acceptors (Lipinski definition) is 4. The van der Waals surface area contributed by atoms with Gasteiger partial charge in [0.15, 0.2) is 16.8 Å². The molecule has 0 aliphatic carbocycles. The molecule has 0 saturated heterocycles. The molecule has 0 aliphatic rings. The minimum Gasteiger partial charge on any atom is -0.443 e. The quantitative estimate of drug-likeness (QED) is 0.442. The summed E-state index contributed by atoms with van der Waals surface area (Å²) >= 11 is 11.7. The van der Waals surface area contributed by atoms with Gasteiger partial charge in [-0.25, -0.2) is 14.4 Å². The second kappa shape index (κ2) is 6.35. The summed E-state index contributed by atoms with van der Waals surface area (Å²) in [7, 11) is 0. The van der Waals surface area contributed by atoms with E-state index in [1.54, 1.807) is 42.6 Å². The van der Waals surface area contributed by atoms with Crippen molar-refractivity contribution in [2.45, 2.75) is 0 Å². The monoisotopic (exact) mass is 373 g/mol. The van der Waals surface area contributed by atoms with E-state index in [1.807, 2.05) is 12.1 Å². The molecule has 3 aromatic heterocycles. The van der Waals surface area contributed by atoms with Crippen molar-refractivity contribution in [1.82, 2.24) is 9.97 Å². The van der Waals surface area contributed by atoms with E-state index in [9.17, 15) is 0 Å². The smallest absolute Gasteiger partial charge is 0.194 e. The van der Waals surface area contributed by atoms with Gasteiger partial charge in [-0.05, 0) is 41.9 Å². The van der Waals surface area contributed by atoms with E-state index in [1.165, 1.54) is 0 Å². The third-order valence-electron chi connectivity index (χ3n) is 3.64. The summed E-state index contributed by atoms with van der Waals surface area (Å²) in [6.07, 6.45) is 1.54. The number of anilines is 2. The van der Waals surface area contributed by atoms with E-state index in [0.29, 0.717) is 21.7 Å². The zero-order valence-corrected chi connectivity index (χ0v) is 14.1. The van der Waals surface area contributed by atoms with Gasteiger partial charge in [-0.2, -0.15) is 0 Å². The van der Waals surface area contributed by atoms with E-state index < -0.39 is 5.82 Å². The molecule has 25 heavy (non-hydrogen) atoms. The second-order valence-corrected chi connectivity index (χ2v) is 6.02. The number of para-hydroxylation sites is 1. The number of halogens is 3. The van der Waals surface area contributed by atoms with Gasteiger partial charge in [0.25, 0.3) is 0 Å². The molecule has 4 aromatic rings. The Morgan fingerprint density at radius 2 is 1.88 bits per heavy atom. The molecule has 0 atom stereocenters. The maximum Gasteiger partial charge on any atom is 0.194 e. The van der Waals surface area contributed by atoms with E-state index in [0.717, 1.165) is 0 Å². The Balaban J connectivity index is 1.93. The zero-order chi connectivity index (χ0) is 17.4. The van der Waals surface area contributed by atoms with Gasteiger partial charge < -0.3 is 9.73 Å². The van der Waals surface area contributed by atoms with Gasteiger partial charge >= 0.3 is 0 Å². The van der Waals surface area contributed by atoms with Gasteiger partial charge in [-0.3, -0.25) is 0 Å². The van der Waals surface area contributed by atoms with Crippen molar-refractivity contribution in [1.29, 1.82) is 0 Å². The molecule has 7 heteroatoms. The highest BCUT2D eigenvalue weighted by Crippen LogP contribution is 2.35. The van der Waals surface area contributed by atoms with Crippen LogP contribution in [-0.2, 0) is 0 Å². The van der Waals surface area contributed by atoms with Crippen LogP contribution >= 0.6 is 23.2 Å². The Bertz CT molecular complexity index is 1080. The number of furan rings is 1. The molecule has 0 spiro atoms. The van der Waals surface area contributed by atoms with Crippen LogP contribution in [0.2, 0.25) is 10.4 Å². The molecule has 1 N–H and O–H groups in total. The topological polar surface area (TPSA) is 51.0 Å². The van der Waals surface area contributed by atoms with E-state index in [2.05, 4.69) is 15.3 Å². The third kappa shape index (κ3) is 3.04. The van der Waals surface area contributed by atoms with Crippen molar-refractivity contribution in [3.05, 3.63) is 70.9 Å². The summed E-state index contributed by atoms with van der Waals surface area (Å²) in [4.78, 5) is 8.30. The van der Waals surface area contributed by atoms with Crippen LogP contribution in [-0.4, -0.2) is 9.97 Å². The van der Waals surface area contributed by atoms with E-state index in [4.69, 9.17) is 27.6 Å². The first kappa shape index (κ1) is 15.9. The average Bonchev–Trinajstić information content (AvgIpc) is 3.03. The highest BCUT2D eigenvalue weighted by atomic mass is 35.5. The van der Waals surface area contributed by atoms with Crippen molar-refractivity contribution < 1.29 is 8.81 Å². The van der Waals surface area contributed by atoms with E-state index >= 15 is 4.39 Å². The fourth-order valence-electron chi connectivity index (χ4n) is 2.54. The zero-order valence-electron chi connectivity index (χ0n) is 12.6. The summed E-state index contributed by atoms with van der Waals surface area (Å²) < 4.78 is 20.5. The fourth-order valence-corrected chi connectivity index (χ4v) is 2.86. The molecule has 0 aliphatic heterocycles. The lowest BCUT2D eigenvalue weighted by Gasteiger charge is -2.13. The minimum absolute atomic E-state index is 0.0771. The Kier molecular flexibility index (Phi) is 4.03. The normalized spacial score (nSPS) is 11.0. The minimum atomic E-state index is -0.544. The number of aromatic nitrogens is 2. The lowest BCUT2D eigenvalue weighted by molar-refractivity contribution is 0.568. The van der Waals surface area contributed by atoms with Crippen molar-refractivity contribution in [2.75, 3.05) is 5.32 Å². The Morgan fingerprint density at radius 3 is 2.64 bits per heavy atom. The van der Waals surface area contributed by atoms with Gasteiger partial charge in [-0.15, -0.1) is 0 Å². The fraction of sp³-hybridized carbons (Fsp3) is 0. The number of nitrogens with one attached hydrogen (secondary N) is 1. The van der Waals surface area contributed by atoms with Gasteiger partial charge in [0, 0.05) is 17.3 Å². The van der Waals surface area contributed by atoms with E-state index in [-0.39, 0.29) is 22.4 Å². The van der Waals surface area contributed by atoms with Gasteiger partial charge in [0.1, 0.15) is 10.8 Å². The molecule has 124 valence electrons. The lowest BCUT2D eigenvalue weighted by atomic mass is 10.1. The summed E-state index contributed by atoms with van der Waals surface area (Å²) in [5.41, 5.74) is 1.58. The van der Waals surface area contributed by atoms with Gasteiger partial charge in [0.05, 0.1) is 11.2 Å². The second-order valence-electron chi connectivity index (χ2n) is 5.26. The first-order valence-electron chi connectivity index (χ1n) is 7.34. The average molecular weight is 374 g/mol. The molecule has 4 nitrogen and oxygen atoms in total. The largest absolute Gasteiger partial charge is 0.443 e. The molecule has 1 aromatic carbocycles. The van der Waals surface area contributed by atoms with Crippen molar-refractivity contribution in [2.24, 2.45) is 0 Å². The molecular weight excluding hydrogens is 364 g/mol.